The summed E-state index contributed by atoms with van der Waals surface area (Å²) in [4.78, 5) is 0.889. The first kappa shape index (κ1) is 11.9. The van der Waals surface area contributed by atoms with Gasteiger partial charge in [0, 0.05) is 16.8 Å². The predicted molar refractivity (Wildman–Crippen MR) is 69.2 cm³/mol. The number of aryl methyl sites for hydroxylation is 1. The minimum atomic E-state index is 0.694. The van der Waals surface area contributed by atoms with E-state index in [1.54, 1.807) is 17.6 Å². The normalized spacial score (nSPS) is 11.8. The van der Waals surface area contributed by atoms with Gasteiger partial charge in [-0.25, -0.2) is 0 Å². The molecule has 90 valence electrons. The zero-order valence-electron chi connectivity index (χ0n) is 10.2. The van der Waals surface area contributed by atoms with Crippen molar-refractivity contribution in [2.75, 3.05) is 0 Å². The molecule has 0 aliphatic rings. The molecule has 2 rings (SSSR count). The minimum absolute atomic E-state index is 0.694. The van der Waals surface area contributed by atoms with Crippen molar-refractivity contribution >= 4 is 17.0 Å². The van der Waals surface area contributed by atoms with Gasteiger partial charge in [0.2, 0.25) is 4.80 Å². The summed E-state index contributed by atoms with van der Waals surface area (Å²) in [6.07, 6.45) is 1.68. The Labute approximate surface area is 104 Å². The van der Waals surface area contributed by atoms with Crippen molar-refractivity contribution in [1.29, 1.82) is 0 Å². The van der Waals surface area contributed by atoms with Gasteiger partial charge in [-0.05, 0) is 32.9 Å². The largest absolute Gasteiger partial charge is 0.467 e. The number of furan rings is 1. The molecule has 0 bridgehead atoms. The molecule has 2 aromatic rings. The van der Waals surface area contributed by atoms with Crippen LogP contribution in [-0.4, -0.2) is 10.3 Å². The Morgan fingerprint density at radius 2 is 2.29 bits per heavy atom. The fraction of sp³-hybridized carbons (Fsp3) is 0.333. The molecule has 0 spiro atoms. The maximum Gasteiger partial charge on any atom is 0.211 e. The van der Waals surface area contributed by atoms with Crippen molar-refractivity contribution in [3.8, 4) is 0 Å². The van der Waals surface area contributed by atoms with Crippen LogP contribution in [0.1, 0.15) is 25.3 Å². The smallest absolute Gasteiger partial charge is 0.211 e. The lowest BCUT2D eigenvalue weighted by Crippen LogP contribution is -2.16. The van der Waals surface area contributed by atoms with Gasteiger partial charge in [0.1, 0.15) is 5.76 Å². The summed E-state index contributed by atoms with van der Waals surface area (Å²) in [7, 11) is 0. The zero-order chi connectivity index (χ0) is 12.3. The van der Waals surface area contributed by atoms with E-state index < -0.39 is 0 Å². The first-order chi connectivity index (χ1) is 8.16. The lowest BCUT2D eigenvalue weighted by molar-refractivity contribution is 0.488. The van der Waals surface area contributed by atoms with E-state index in [-0.39, 0.29) is 0 Å². The van der Waals surface area contributed by atoms with Gasteiger partial charge < -0.3 is 8.98 Å². The quantitative estimate of drug-likeness (QED) is 0.609. The molecule has 0 N–H and O–H groups in total. The van der Waals surface area contributed by atoms with Crippen LogP contribution in [0.2, 0.25) is 0 Å². The van der Waals surface area contributed by atoms with E-state index in [4.69, 9.17) is 4.42 Å². The Kier molecular flexibility index (Phi) is 3.58. The molecule has 2 heterocycles. The Morgan fingerprint density at radius 1 is 1.47 bits per heavy atom. The number of thiazole rings is 1. The van der Waals surface area contributed by atoms with Crippen molar-refractivity contribution in [2.45, 2.75) is 27.3 Å². The van der Waals surface area contributed by atoms with Gasteiger partial charge >= 0.3 is 0 Å². The SMILES string of the molecule is CC(C)=N/N=c1/scc(C)n1Cc1ccco1. The highest BCUT2D eigenvalue weighted by atomic mass is 32.1. The lowest BCUT2D eigenvalue weighted by Gasteiger charge is -2.02. The van der Waals surface area contributed by atoms with Crippen molar-refractivity contribution in [3.63, 3.8) is 0 Å². The van der Waals surface area contributed by atoms with Crippen LogP contribution in [0.25, 0.3) is 0 Å². The Morgan fingerprint density at radius 3 is 2.94 bits per heavy atom. The fourth-order valence-corrected chi connectivity index (χ4v) is 2.21. The summed E-state index contributed by atoms with van der Waals surface area (Å²) in [6.45, 7) is 6.61. The second kappa shape index (κ2) is 5.14. The van der Waals surface area contributed by atoms with Crippen LogP contribution >= 0.6 is 11.3 Å². The van der Waals surface area contributed by atoms with Crippen LogP contribution in [0.4, 0.5) is 0 Å². The van der Waals surface area contributed by atoms with Gasteiger partial charge in [0.05, 0.1) is 12.8 Å². The molecule has 2 aromatic heterocycles. The van der Waals surface area contributed by atoms with Gasteiger partial charge in [0.25, 0.3) is 0 Å². The Bertz CT molecular complexity index is 571. The molecule has 0 unspecified atom stereocenters. The van der Waals surface area contributed by atoms with E-state index in [1.807, 2.05) is 26.0 Å². The molecule has 0 aliphatic carbocycles. The Balaban J connectivity index is 2.36. The monoisotopic (exact) mass is 249 g/mol. The maximum absolute atomic E-state index is 5.35. The first-order valence-electron chi connectivity index (χ1n) is 5.39. The molecule has 0 aliphatic heterocycles. The van der Waals surface area contributed by atoms with Crippen molar-refractivity contribution in [2.24, 2.45) is 10.2 Å². The third-order valence-electron chi connectivity index (χ3n) is 2.22. The summed E-state index contributed by atoms with van der Waals surface area (Å²) < 4.78 is 7.44. The third-order valence-corrected chi connectivity index (χ3v) is 3.19. The van der Waals surface area contributed by atoms with E-state index in [1.165, 1.54) is 0 Å². The van der Waals surface area contributed by atoms with Gasteiger partial charge in [-0.2, -0.15) is 5.10 Å². The number of rotatable bonds is 3. The number of hydrogen-bond acceptors (Lipinski definition) is 4. The molecule has 0 amide bonds. The molecular weight excluding hydrogens is 234 g/mol. The van der Waals surface area contributed by atoms with Gasteiger partial charge in [0.15, 0.2) is 0 Å². The van der Waals surface area contributed by atoms with Crippen LogP contribution in [0.3, 0.4) is 0 Å². The number of nitrogens with zero attached hydrogens (tertiary/aromatic N) is 3. The van der Waals surface area contributed by atoms with Crippen LogP contribution in [0.15, 0.2) is 38.4 Å². The highest BCUT2D eigenvalue weighted by Crippen LogP contribution is 2.06. The van der Waals surface area contributed by atoms with Crippen molar-refractivity contribution in [1.82, 2.24) is 4.57 Å². The van der Waals surface area contributed by atoms with E-state index in [0.717, 1.165) is 22.0 Å². The molecular formula is C12H15N3OS. The van der Waals surface area contributed by atoms with Gasteiger partial charge in [-0.3, -0.25) is 0 Å². The first-order valence-corrected chi connectivity index (χ1v) is 6.27. The molecule has 17 heavy (non-hydrogen) atoms. The van der Waals surface area contributed by atoms with Crippen LogP contribution in [0.5, 0.6) is 0 Å². The predicted octanol–water partition coefficient (Wildman–Crippen LogP) is 2.80. The van der Waals surface area contributed by atoms with Gasteiger partial charge in [-0.15, -0.1) is 16.4 Å². The number of hydrogen-bond donors (Lipinski definition) is 0. The molecule has 5 heteroatoms. The summed E-state index contributed by atoms with van der Waals surface area (Å²) in [5.74, 6) is 0.921. The van der Waals surface area contributed by atoms with E-state index >= 15 is 0 Å². The van der Waals surface area contributed by atoms with Crippen LogP contribution < -0.4 is 4.80 Å². The van der Waals surface area contributed by atoms with Gasteiger partial charge in [-0.1, -0.05) is 0 Å². The second-order valence-corrected chi connectivity index (χ2v) is 4.81. The van der Waals surface area contributed by atoms with E-state index in [2.05, 4.69) is 27.1 Å². The fourth-order valence-electron chi connectivity index (χ4n) is 1.39. The minimum Gasteiger partial charge on any atom is -0.467 e. The second-order valence-electron chi connectivity index (χ2n) is 3.97. The Hall–Kier alpha value is -1.62. The standard InChI is InChI=1S/C12H15N3OS/c1-9(2)13-14-12-15(10(3)8-17-12)7-11-5-4-6-16-11/h4-6,8H,7H2,1-3H3/b14-12+. The average molecular weight is 249 g/mol. The topological polar surface area (TPSA) is 42.8 Å². The molecule has 0 atom stereocenters. The number of aromatic nitrogens is 1. The van der Waals surface area contributed by atoms with E-state index in [0.29, 0.717) is 6.54 Å². The summed E-state index contributed by atoms with van der Waals surface area (Å²) in [5.41, 5.74) is 2.11. The van der Waals surface area contributed by atoms with Crippen molar-refractivity contribution in [3.05, 3.63) is 40.0 Å². The van der Waals surface area contributed by atoms with Crippen molar-refractivity contribution < 1.29 is 4.42 Å². The molecule has 0 radical (unpaired) electrons. The molecule has 0 aromatic carbocycles. The maximum atomic E-state index is 5.35. The third kappa shape index (κ3) is 2.94. The lowest BCUT2D eigenvalue weighted by atomic mass is 10.4. The molecule has 4 nitrogen and oxygen atoms in total. The highest BCUT2D eigenvalue weighted by Gasteiger charge is 2.03. The highest BCUT2D eigenvalue weighted by molar-refractivity contribution is 7.07. The average Bonchev–Trinajstić information content (AvgIpc) is 2.89. The summed E-state index contributed by atoms with van der Waals surface area (Å²) in [5, 5.41) is 10.4. The molecule has 0 saturated heterocycles. The van der Waals surface area contributed by atoms with E-state index in [9.17, 15) is 0 Å². The summed E-state index contributed by atoms with van der Waals surface area (Å²) >= 11 is 1.59. The molecule has 0 saturated carbocycles. The summed E-state index contributed by atoms with van der Waals surface area (Å²) in [6, 6.07) is 3.85. The van der Waals surface area contributed by atoms with Crippen LogP contribution in [-0.2, 0) is 6.54 Å². The zero-order valence-corrected chi connectivity index (χ0v) is 11.0. The van der Waals surface area contributed by atoms with Crippen LogP contribution in [0, 0.1) is 6.92 Å². The molecule has 0 fully saturated rings.